The van der Waals surface area contributed by atoms with Gasteiger partial charge in [0, 0.05) is 26.2 Å². The number of piperazine rings is 1. The number of esters is 2. The maximum absolute atomic E-state index is 12.3. The quantitative estimate of drug-likeness (QED) is 0.818. The molecule has 0 spiro atoms. The zero-order valence-electron chi connectivity index (χ0n) is 13.0. The molecule has 0 aliphatic carbocycles. The van der Waals surface area contributed by atoms with Crippen LogP contribution in [0.1, 0.15) is 28.9 Å². The first kappa shape index (κ1) is 16.5. The van der Waals surface area contributed by atoms with Crippen molar-refractivity contribution in [3.8, 4) is 0 Å². The minimum Gasteiger partial charge on any atom is -0.465 e. The number of nitrogens with one attached hydrogen (secondary N) is 1. The van der Waals surface area contributed by atoms with Crippen LogP contribution in [0.25, 0.3) is 0 Å². The maximum atomic E-state index is 12.3. The molecule has 6 heteroatoms. The fraction of sp³-hybridized carbons (Fsp3) is 0.500. The molecule has 1 atom stereocenters. The summed E-state index contributed by atoms with van der Waals surface area (Å²) in [6, 6.07) is 6.49. The third kappa shape index (κ3) is 3.84. The Morgan fingerprint density at radius 2 is 1.86 bits per heavy atom. The van der Waals surface area contributed by atoms with Crippen LogP contribution in [0.5, 0.6) is 0 Å². The van der Waals surface area contributed by atoms with E-state index in [0.717, 1.165) is 31.7 Å². The van der Waals surface area contributed by atoms with Gasteiger partial charge in [-0.1, -0.05) is 12.1 Å². The maximum Gasteiger partial charge on any atom is 0.337 e. The van der Waals surface area contributed by atoms with Crippen LogP contribution in [-0.2, 0) is 14.3 Å². The van der Waals surface area contributed by atoms with E-state index in [0.29, 0.717) is 12.2 Å². The molecular weight excluding hydrogens is 284 g/mol. The van der Waals surface area contributed by atoms with Crippen molar-refractivity contribution >= 4 is 11.9 Å². The summed E-state index contributed by atoms with van der Waals surface area (Å²) < 4.78 is 9.91. The highest BCUT2D eigenvalue weighted by molar-refractivity contribution is 5.89. The van der Waals surface area contributed by atoms with Crippen molar-refractivity contribution in [3.63, 3.8) is 0 Å². The predicted octanol–water partition coefficient (Wildman–Crippen LogP) is 0.983. The lowest BCUT2D eigenvalue weighted by atomic mass is 10.0. The lowest BCUT2D eigenvalue weighted by Gasteiger charge is -2.33. The van der Waals surface area contributed by atoms with Crippen molar-refractivity contribution in [1.29, 1.82) is 0 Å². The number of rotatable bonds is 5. The van der Waals surface area contributed by atoms with Crippen LogP contribution in [0.3, 0.4) is 0 Å². The van der Waals surface area contributed by atoms with Gasteiger partial charge in [-0.25, -0.2) is 9.59 Å². The first-order valence-corrected chi connectivity index (χ1v) is 7.47. The Kier molecular flexibility index (Phi) is 5.91. The van der Waals surface area contributed by atoms with Gasteiger partial charge in [0.25, 0.3) is 0 Å². The average Bonchev–Trinajstić information content (AvgIpc) is 2.56. The minimum atomic E-state index is -0.436. The highest BCUT2D eigenvalue weighted by Gasteiger charge is 2.30. The summed E-state index contributed by atoms with van der Waals surface area (Å²) in [5.41, 5.74) is 1.29. The van der Waals surface area contributed by atoms with Crippen LogP contribution >= 0.6 is 0 Å². The molecule has 2 rings (SSSR count). The highest BCUT2D eigenvalue weighted by atomic mass is 16.5. The highest BCUT2D eigenvalue weighted by Crippen LogP contribution is 2.23. The van der Waals surface area contributed by atoms with E-state index in [-0.39, 0.29) is 11.9 Å². The lowest BCUT2D eigenvalue weighted by molar-refractivity contribution is -0.150. The summed E-state index contributed by atoms with van der Waals surface area (Å²) in [5, 5.41) is 3.27. The molecule has 1 aliphatic rings. The van der Waals surface area contributed by atoms with Gasteiger partial charge in [-0.15, -0.1) is 0 Å². The molecule has 6 nitrogen and oxygen atoms in total. The third-order valence-corrected chi connectivity index (χ3v) is 3.67. The molecule has 1 heterocycles. The average molecular weight is 306 g/mol. The van der Waals surface area contributed by atoms with Gasteiger partial charge in [0.2, 0.25) is 0 Å². The number of benzene rings is 1. The van der Waals surface area contributed by atoms with E-state index < -0.39 is 6.04 Å². The summed E-state index contributed by atoms with van der Waals surface area (Å²) in [7, 11) is 1.35. The van der Waals surface area contributed by atoms with Crippen molar-refractivity contribution in [2.24, 2.45) is 0 Å². The molecule has 1 aromatic rings. The van der Waals surface area contributed by atoms with Gasteiger partial charge in [-0.3, -0.25) is 4.90 Å². The number of nitrogens with zero attached hydrogens (tertiary/aromatic N) is 1. The molecule has 1 aromatic carbocycles. The van der Waals surface area contributed by atoms with E-state index in [2.05, 4.69) is 15.0 Å². The zero-order chi connectivity index (χ0) is 15.9. The van der Waals surface area contributed by atoms with E-state index in [4.69, 9.17) is 4.74 Å². The van der Waals surface area contributed by atoms with Gasteiger partial charge in [0.15, 0.2) is 0 Å². The molecule has 0 radical (unpaired) electrons. The van der Waals surface area contributed by atoms with E-state index in [1.165, 1.54) is 7.11 Å². The molecule has 0 bridgehead atoms. The molecule has 1 saturated heterocycles. The Hall–Kier alpha value is -1.92. The van der Waals surface area contributed by atoms with Crippen molar-refractivity contribution in [1.82, 2.24) is 10.2 Å². The molecule has 0 aromatic heterocycles. The van der Waals surface area contributed by atoms with Crippen molar-refractivity contribution in [2.75, 3.05) is 39.9 Å². The van der Waals surface area contributed by atoms with E-state index in [1.54, 1.807) is 31.2 Å². The van der Waals surface area contributed by atoms with Crippen molar-refractivity contribution in [3.05, 3.63) is 35.4 Å². The predicted molar refractivity (Wildman–Crippen MR) is 81.6 cm³/mol. The van der Waals surface area contributed by atoms with Crippen LogP contribution < -0.4 is 5.32 Å². The van der Waals surface area contributed by atoms with Gasteiger partial charge in [-0.2, -0.15) is 0 Å². The Morgan fingerprint density at radius 3 is 2.41 bits per heavy atom. The van der Waals surface area contributed by atoms with E-state index >= 15 is 0 Å². The van der Waals surface area contributed by atoms with Gasteiger partial charge in [-0.05, 0) is 24.6 Å². The lowest BCUT2D eigenvalue weighted by Crippen LogP contribution is -2.47. The zero-order valence-corrected chi connectivity index (χ0v) is 13.0. The third-order valence-electron chi connectivity index (χ3n) is 3.67. The fourth-order valence-electron chi connectivity index (χ4n) is 2.58. The van der Waals surface area contributed by atoms with E-state index in [9.17, 15) is 9.59 Å². The molecule has 120 valence electrons. The van der Waals surface area contributed by atoms with E-state index in [1.807, 2.05) is 0 Å². The van der Waals surface area contributed by atoms with Crippen LogP contribution in [0, 0.1) is 0 Å². The number of carbonyl (C=O) groups excluding carboxylic acids is 2. The molecule has 22 heavy (non-hydrogen) atoms. The second-order valence-electron chi connectivity index (χ2n) is 5.05. The second kappa shape index (κ2) is 7.91. The monoisotopic (exact) mass is 306 g/mol. The molecule has 0 saturated carbocycles. The number of methoxy groups -OCH3 is 1. The summed E-state index contributed by atoms with van der Waals surface area (Å²) in [6.07, 6.45) is 0. The number of ether oxygens (including phenoxy) is 2. The SMILES string of the molecule is CCOC(=O)C(c1ccc(C(=O)OC)cc1)N1CCNCC1. The Bertz CT molecular complexity index is 509. The smallest absolute Gasteiger partial charge is 0.337 e. The van der Waals surface area contributed by atoms with Gasteiger partial charge in [0.05, 0.1) is 19.3 Å². The van der Waals surface area contributed by atoms with Crippen molar-refractivity contribution < 1.29 is 19.1 Å². The molecule has 0 amide bonds. The Labute approximate surface area is 130 Å². The standard InChI is InChI=1S/C16H22N2O4/c1-3-22-16(20)14(18-10-8-17-9-11-18)12-4-6-13(7-5-12)15(19)21-2/h4-7,14,17H,3,8-11H2,1-2H3. The van der Waals surface area contributed by atoms with Gasteiger partial charge < -0.3 is 14.8 Å². The first-order valence-electron chi connectivity index (χ1n) is 7.47. The van der Waals surface area contributed by atoms with Crippen molar-refractivity contribution in [2.45, 2.75) is 13.0 Å². The fourth-order valence-corrected chi connectivity index (χ4v) is 2.58. The number of carbonyl (C=O) groups is 2. The number of hydrogen-bond acceptors (Lipinski definition) is 6. The Morgan fingerprint density at radius 1 is 1.23 bits per heavy atom. The summed E-state index contributed by atoms with van der Waals surface area (Å²) in [5.74, 6) is -0.642. The number of hydrogen-bond donors (Lipinski definition) is 1. The van der Waals surface area contributed by atoms with Crippen LogP contribution in [0.4, 0.5) is 0 Å². The van der Waals surface area contributed by atoms with Crippen LogP contribution in [0.2, 0.25) is 0 Å². The normalized spacial score (nSPS) is 16.8. The molecule has 1 fully saturated rings. The van der Waals surface area contributed by atoms with Gasteiger partial charge in [0.1, 0.15) is 6.04 Å². The summed E-state index contributed by atoms with van der Waals surface area (Å²) in [4.78, 5) is 25.9. The molecule has 1 N–H and O–H groups in total. The second-order valence-corrected chi connectivity index (χ2v) is 5.05. The molecular formula is C16H22N2O4. The van der Waals surface area contributed by atoms with Crippen LogP contribution in [-0.4, -0.2) is 56.7 Å². The van der Waals surface area contributed by atoms with Gasteiger partial charge >= 0.3 is 11.9 Å². The summed E-state index contributed by atoms with van der Waals surface area (Å²) >= 11 is 0. The largest absolute Gasteiger partial charge is 0.465 e. The molecule has 1 aliphatic heterocycles. The minimum absolute atomic E-state index is 0.254. The van der Waals surface area contributed by atoms with Crippen LogP contribution in [0.15, 0.2) is 24.3 Å². The Balaban J connectivity index is 2.23. The topological polar surface area (TPSA) is 67.9 Å². The summed E-state index contributed by atoms with van der Waals surface area (Å²) in [6.45, 7) is 5.39. The first-order chi connectivity index (χ1) is 10.7. The molecule has 1 unspecified atom stereocenters.